The number of rotatable bonds is 2. The van der Waals surface area contributed by atoms with E-state index in [1.54, 1.807) is 0 Å². The fourth-order valence-corrected chi connectivity index (χ4v) is 2.04. The van der Waals surface area contributed by atoms with E-state index in [1.165, 1.54) is 0 Å². The maximum atomic E-state index is 11.2. The van der Waals surface area contributed by atoms with E-state index in [0.717, 1.165) is 12.8 Å². The third-order valence-corrected chi connectivity index (χ3v) is 2.85. The lowest BCUT2D eigenvalue weighted by molar-refractivity contribution is -0.124. The van der Waals surface area contributed by atoms with Crippen molar-refractivity contribution in [3.8, 4) is 0 Å². The van der Waals surface area contributed by atoms with Gasteiger partial charge < -0.3 is 5.32 Å². The Hall–Kier alpha value is -1.22. The Morgan fingerprint density at radius 2 is 2.50 bits per heavy atom. The highest BCUT2D eigenvalue weighted by Gasteiger charge is 2.47. The summed E-state index contributed by atoms with van der Waals surface area (Å²) in [6, 6.07) is 0.104. The molecule has 3 atom stereocenters. The number of nitrogens with one attached hydrogen (secondary N) is 1. The van der Waals surface area contributed by atoms with E-state index in [-0.39, 0.29) is 17.9 Å². The van der Waals surface area contributed by atoms with Gasteiger partial charge in [0.05, 0.1) is 0 Å². The summed E-state index contributed by atoms with van der Waals surface area (Å²) in [6.45, 7) is 0.406. The minimum atomic E-state index is 0.104. The third kappa shape index (κ3) is 0.940. The van der Waals surface area contributed by atoms with E-state index >= 15 is 0 Å². The molecule has 2 aliphatic rings. The lowest BCUT2D eigenvalue weighted by Gasteiger charge is -2.30. The van der Waals surface area contributed by atoms with E-state index in [0.29, 0.717) is 12.5 Å². The Kier molecular flexibility index (Phi) is 1.66. The van der Waals surface area contributed by atoms with Crippen LogP contribution in [0.2, 0.25) is 0 Å². The number of amides is 1. The van der Waals surface area contributed by atoms with Crippen molar-refractivity contribution in [3.05, 3.63) is 10.4 Å². The topological polar surface area (TPSA) is 77.9 Å². The molecule has 5 heteroatoms. The van der Waals surface area contributed by atoms with E-state index in [1.807, 2.05) is 0 Å². The van der Waals surface area contributed by atoms with Gasteiger partial charge in [-0.3, -0.25) is 4.79 Å². The summed E-state index contributed by atoms with van der Waals surface area (Å²) in [4.78, 5) is 13.8. The highest BCUT2D eigenvalue weighted by atomic mass is 16.2. The second-order valence-corrected chi connectivity index (χ2v) is 3.38. The van der Waals surface area contributed by atoms with Gasteiger partial charge in [0.15, 0.2) is 0 Å². The van der Waals surface area contributed by atoms with Crippen LogP contribution >= 0.6 is 0 Å². The van der Waals surface area contributed by atoms with Crippen molar-refractivity contribution in [2.45, 2.75) is 18.9 Å². The van der Waals surface area contributed by atoms with Crippen molar-refractivity contribution < 1.29 is 4.79 Å². The fourth-order valence-electron chi connectivity index (χ4n) is 2.04. The van der Waals surface area contributed by atoms with E-state index in [4.69, 9.17) is 5.53 Å². The van der Waals surface area contributed by atoms with Crippen LogP contribution in [0.3, 0.4) is 0 Å². The molecule has 0 aromatic carbocycles. The van der Waals surface area contributed by atoms with E-state index in [2.05, 4.69) is 15.3 Å². The summed E-state index contributed by atoms with van der Waals surface area (Å²) in [7, 11) is 0. The van der Waals surface area contributed by atoms with Crippen molar-refractivity contribution in [2.24, 2.45) is 17.0 Å². The molecule has 2 rings (SSSR count). The van der Waals surface area contributed by atoms with Crippen LogP contribution in [0.25, 0.3) is 10.4 Å². The van der Waals surface area contributed by atoms with Crippen LogP contribution < -0.4 is 5.32 Å². The van der Waals surface area contributed by atoms with E-state index < -0.39 is 0 Å². The van der Waals surface area contributed by atoms with Crippen LogP contribution in [0.5, 0.6) is 0 Å². The number of hydrogen-bond acceptors (Lipinski definition) is 2. The predicted octanol–water partition coefficient (Wildman–Crippen LogP) is 0.821. The molecule has 1 aliphatic carbocycles. The monoisotopic (exact) mass is 166 g/mol. The zero-order chi connectivity index (χ0) is 8.55. The average molecular weight is 166 g/mol. The third-order valence-electron chi connectivity index (χ3n) is 2.85. The van der Waals surface area contributed by atoms with Crippen molar-refractivity contribution in [1.29, 1.82) is 0 Å². The zero-order valence-electron chi connectivity index (χ0n) is 6.60. The van der Waals surface area contributed by atoms with Crippen LogP contribution in [-0.4, -0.2) is 18.5 Å². The maximum Gasteiger partial charge on any atom is 0.223 e. The van der Waals surface area contributed by atoms with Crippen molar-refractivity contribution in [1.82, 2.24) is 5.32 Å². The standard InChI is InChI=1S/C7H10N4O/c8-11-9-3-6-4-1-2-5(4)7(12)10-6/h4-6H,1-3H2,(H,10,12). The number of carbonyl (C=O) groups excluding carboxylic acids is 1. The minimum Gasteiger partial charge on any atom is -0.353 e. The average Bonchev–Trinajstić information content (AvgIpc) is 2.16. The lowest BCUT2D eigenvalue weighted by atomic mass is 9.73. The molecule has 0 spiro atoms. The summed E-state index contributed by atoms with van der Waals surface area (Å²) < 4.78 is 0. The summed E-state index contributed by atoms with van der Waals surface area (Å²) >= 11 is 0. The van der Waals surface area contributed by atoms with Gasteiger partial charge in [-0.1, -0.05) is 5.11 Å². The first-order valence-corrected chi connectivity index (χ1v) is 4.14. The largest absolute Gasteiger partial charge is 0.353 e. The van der Waals surface area contributed by atoms with Gasteiger partial charge in [0.2, 0.25) is 5.91 Å². The smallest absolute Gasteiger partial charge is 0.223 e. The summed E-state index contributed by atoms with van der Waals surface area (Å²) in [5.74, 6) is 0.788. The first-order chi connectivity index (χ1) is 5.83. The van der Waals surface area contributed by atoms with E-state index in [9.17, 15) is 4.79 Å². The molecule has 1 amide bonds. The number of carbonyl (C=O) groups is 1. The van der Waals surface area contributed by atoms with Gasteiger partial charge in [-0.25, -0.2) is 0 Å². The first-order valence-electron chi connectivity index (χ1n) is 4.14. The molecule has 1 N–H and O–H groups in total. The Labute approximate surface area is 69.8 Å². The number of azide groups is 1. The molecule has 1 saturated heterocycles. The highest BCUT2D eigenvalue weighted by Crippen LogP contribution is 2.41. The molecule has 3 unspecified atom stereocenters. The molecule has 2 fully saturated rings. The zero-order valence-corrected chi connectivity index (χ0v) is 6.60. The van der Waals surface area contributed by atoms with Gasteiger partial charge in [0.25, 0.3) is 0 Å². The van der Waals surface area contributed by atoms with Gasteiger partial charge >= 0.3 is 0 Å². The van der Waals surface area contributed by atoms with Crippen LogP contribution in [0.15, 0.2) is 5.11 Å². The summed E-state index contributed by atoms with van der Waals surface area (Å²) in [5, 5.41) is 6.32. The van der Waals surface area contributed by atoms with Gasteiger partial charge in [-0.2, -0.15) is 0 Å². The van der Waals surface area contributed by atoms with Crippen LogP contribution in [-0.2, 0) is 4.79 Å². The molecule has 5 nitrogen and oxygen atoms in total. The summed E-state index contributed by atoms with van der Waals surface area (Å²) in [6.07, 6.45) is 2.10. The Morgan fingerprint density at radius 1 is 1.67 bits per heavy atom. The highest BCUT2D eigenvalue weighted by molar-refractivity contribution is 5.83. The molecule has 0 aromatic rings. The Morgan fingerprint density at radius 3 is 3.00 bits per heavy atom. The molecular weight excluding hydrogens is 156 g/mol. The normalized spacial score (nSPS) is 37.7. The van der Waals surface area contributed by atoms with Crippen molar-refractivity contribution in [2.75, 3.05) is 6.54 Å². The SMILES string of the molecule is [N-]=[N+]=NCC1NC(=O)C2CCC12. The molecule has 1 aliphatic heterocycles. The van der Waals surface area contributed by atoms with Gasteiger partial charge in [-0.05, 0) is 24.3 Å². The Bertz CT molecular complexity index is 256. The predicted molar refractivity (Wildman–Crippen MR) is 42.2 cm³/mol. The molecule has 0 bridgehead atoms. The maximum absolute atomic E-state index is 11.2. The molecule has 1 heterocycles. The number of fused-ring (bicyclic) bond motifs is 1. The van der Waals surface area contributed by atoms with Crippen LogP contribution in [0.4, 0.5) is 0 Å². The second kappa shape index (κ2) is 2.68. The van der Waals surface area contributed by atoms with Gasteiger partial charge in [0, 0.05) is 23.4 Å². The molecular formula is C7H10N4O. The van der Waals surface area contributed by atoms with Crippen molar-refractivity contribution in [3.63, 3.8) is 0 Å². The Balaban J connectivity index is 2.00. The second-order valence-electron chi connectivity index (χ2n) is 3.38. The van der Waals surface area contributed by atoms with Gasteiger partial charge in [0.1, 0.15) is 0 Å². The molecule has 64 valence electrons. The van der Waals surface area contributed by atoms with Crippen LogP contribution in [0, 0.1) is 11.8 Å². The quantitative estimate of drug-likeness (QED) is 0.368. The fraction of sp³-hybridized carbons (Fsp3) is 0.857. The van der Waals surface area contributed by atoms with Gasteiger partial charge in [-0.15, -0.1) is 0 Å². The molecule has 12 heavy (non-hydrogen) atoms. The molecule has 0 aromatic heterocycles. The number of nitrogens with zero attached hydrogens (tertiary/aromatic N) is 3. The minimum absolute atomic E-state index is 0.104. The summed E-state index contributed by atoms with van der Waals surface area (Å²) in [5.41, 5.74) is 8.11. The first kappa shape index (κ1) is 7.43. The molecule has 1 saturated carbocycles. The van der Waals surface area contributed by atoms with Crippen molar-refractivity contribution >= 4 is 5.91 Å². The van der Waals surface area contributed by atoms with Crippen LogP contribution in [0.1, 0.15) is 12.8 Å². The number of hydrogen-bond donors (Lipinski definition) is 1. The molecule has 0 radical (unpaired) electrons. The lowest BCUT2D eigenvalue weighted by Crippen LogP contribution is -2.33.